The maximum absolute atomic E-state index is 12.8. The zero-order valence-corrected chi connectivity index (χ0v) is 17.9. The molecule has 0 radical (unpaired) electrons. The van der Waals surface area contributed by atoms with E-state index >= 15 is 0 Å². The second-order valence-corrected chi connectivity index (χ2v) is 8.23. The van der Waals surface area contributed by atoms with Crippen LogP contribution in [0.15, 0.2) is 18.2 Å². The topological polar surface area (TPSA) is 83.1 Å². The standard InChI is InChI=1S/C21H32N4O4/c1-13-6-7-18(22-20(26)24-9-14(2)28-15(3)10-24)19(8-13)23-21(27)25-11-16(4)29-17(5)12-25/h6-8,14-17H,9-12H2,1-5H3,(H,22,26)(H,23,27). The average molecular weight is 405 g/mol. The van der Waals surface area contributed by atoms with E-state index in [1.165, 1.54) is 0 Å². The van der Waals surface area contributed by atoms with Crippen molar-refractivity contribution < 1.29 is 19.1 Å². The molecule has 2 heterocycles. The number of hydrogen-bond donors (Lipinski definition) is 2. The smallest absolute Gasteiger partial charge is 0.322 e. The van der Waals surface area contributed by atoms with Gasteiger partial charge in [-0.25, -0.2) is 9.59 Å². The van der Waals surface area contributed by atoms with E-state index in [-0.39, 0.29) is 36.5 Å². The highest BCUT2D eigenvalue weighted by Crippen LogP contribution is 2.25. The van der Waals surface area contributed by atoms with Crippen molar-refractivity contribution in [2.45, 2.75) is 59.0 Å². The lowest BCUT2D eigenvalue weighted by atomic mass is 10.2. The van der Waals surface area contributed by atoms with Crippen LogP contribution < -0.4 is 10.6 Å². The van der Waals surface area contributed by atoms with Gasteiger partial charge in [-0.1, -0.05) is 6.07 Å². The lowest BCUT2D eigenvalue weighted by molar-refractivity contribution is -0.0531. The van der Waals surface area contributed by atoms with Gasteiger partial charge in [-0.2, -0.15) is 0 Å². The monoisotopic (exact) mass is 404 g/mol. The predicted octanol–water partition coefficient (Wildman–Crippen LogP) is 3.28. The van der Waals surface area contributed by atoms with Gasteiger partial charge in [0.25, 0.3) is 0 Å². The van der Waals surface area contributed by atoms with Crippen LogP contribution in [0.3, 0.4) is 0 Å². The van der Waals surface area contributed by atoms with Crippen LogP contribution in [0, 0.1) is 6.92 Å². The third kappa shape index (κ3) is 5.61. The number of carbonyl (C=O) groups excluding carboxylic acids is 2. The zero-order chi connectivity index (χ0) is 21.1. The summed E-state index contributed by atoms with van der Waals surface area (Å²) in [5.41, 5.74) is 2.16. The average Bonchev–Trinajstić information content (AvgIpc) is 2.62. The minimum absolute atomic E-state index is 0.00742. The van der Waals surface area contributed by atoms with Crippen molar-refractivity contribution in [3.05, 3.63) is 23.8 Å². The normalized spacial score (nSPS) is 27.5. The first kappa shape index (κ1) is 21.4. The molecule has 2 aliphatic heterocycles. The number of anilines is 2. The maximum Gasteiger partial charge on any atom is 0.322 e. The molecule has 0 saturated carbocycles. The van der Waals surface area contributed by atoms with Gasteiger partial charge in [-0.3, -0.25) is 0 Å². The molecular formula is C21H32N4O4. The molecule has 160 valence electrons. The van der Waals surface area contributed by atoms with Crippen LogP contribution >= 0.6 is 0 Å². The summed E-state index contributed by atoms with van der Waals surface area (Å²) < 4.78 is 11.4. The Morgan fingerprint density at radius 2 is 1.21 bits per heavy atom. The lowest BCUT2D eigenvalue weighted by Gasteiger charge is -2.36. The van der Waals surface area contributed by atoms with Gasteiger partial charge < -0.3 is 29.9 Å². The second kappa shape index (κ2) is 9.00. The van der Waals surface area contributed by atoms with Crippen LogP contribution in [0.1, 0.15) is 33.3 Å². The van der Waals surface area contributed by atoms with Crippen molar-refractivity contribution in [2.24, 2.45) is 0 Å². The largest absolute Gasteiger partial charge is 0.372 e. The van der Waals surface area contributed by atoms with Crippen molar-refractivity contribution >= 4 is 23.4 Å². The van der Waals surface area contributed by atoms with Crippen LogP contribution in [-0.2, 0) is 9.47 Å². The molecule has 2 N–H and O–H groups in total. The summed E-state index contributed by atoms with van der Waals surface area (Å²) in [6.45, 7) is 11.9. The molecule has 4 unspecified atom stereocenters. The van der Waals surface area contributed by atoms with Crippen LogP contribution in [-0.4, -0.2) is 72.5 Å². The van der Waals surface area contributed by atoms with Gasteiger partial charge in [0, 0.05) is 26.2 Å². The van der Waals surface area contributed by atoms with E-state index in [0.29, 0.717) is 37.6 Å². The molecule has 4 atom stereocenters. The number of amides is 4. The number of nitrogens with one attached hydrogen (secondary N) is 2. The minimum atomic E-state index is -0.194. The van der Waals surface area contributed by atoms with Crippen molar-refractivity contribution in [1.29, 1.82) is 0 Å². The Morgan fingerprint density at radius 1 is 0.793 bits per heavy atom. The van der Waals surface area contributed by atoms with Gasteiger partial charge in [0.15, 0.2) is 0 Å². The van der Waals surface area contributed by atoms with E-state index in [9.17, 15) is 9.59 Å². The van der Waals surface area contributed by atoms with Gasteiger partial charge in [0.05, 0.1) is 35.8 Å². The third-order valence-corrected chi connectivity index (χ3v) is 5.07. The first-order valence-corrected chi connectivity index (χ1v) is 10.2. The van der Waals surface area contributed by atoms with Gasteiger partial charge in [0.1, 0.15) is 0 Å². The molecule has 2 saturated heterocycles. The molecule has 2 fully saturated rings. The molecule has 1 aromatic rings. The maximum atomic E-state index is 12.8. The van der Waals surface area contributed by atoms with E-state index < -0.39 is 0 Å². The number of ether oxygens (including phenoxy) is 2. The Bertz CT molecular complexity index is 736. The zero-order valence-electron chi connectivity index (χ0n) is 17.9. The number of nitrogens with zero attached hydrogens (tertiary/aromatic N) is 2. The second-order valence-electron chi connectivity index (χ2n) is 8.23. The molecule has 0 aliphatic carbocycles. The summed E-state index contributed by atoms with van der Waals surface area (Å²) in [6.07, 6.45) is -0.0306. The lowest BCUT2D eigenvalue weighted by Crippen LogP contribution is -2.50. The fraction of sp³-hybridized carbons (Fsp3) is 0.619. The summed E-state index contributed by atoms with van der Waals surface area (Å²) in [5, 5.41) is 5.91. The summed E-state index contributed by atoms with van der Waals surface area (Å²) in [7, 11) is 0. The minimum Gasteiger partial charge on any atom is -0.372 e. The van der Waals surface area contributed by atoms with Crippen LogP contribution in [0.25, 0.3) is 0 Å². The van der Waals surface area contributed by atoms with Crippen molar-refractivity contribution in [3.63, 3.8) is 0 Å². The SMILES string of the molecule is Cc1ccc(NC(=O)N2CC(C)OC(C)C2)c(NC(=O)N2CC(C)OC(C)C2)c1. The molecule has 3 rings (SSSR count). The molecule has 29 heavy (non-hydrogen) atoms. The summed E-state index contributed by atoms with van der Waals surface area (Å²) in [6, 6.07) is 5.21. The van der Waals surface area contributed by atoms with Crippen molar-refractivity contribution in [3.8, 4) is 0 Å². The van der Waals surface area contributed by atoms with Crippen LogP contribution in [0.4, 0.5) is 21.0 Å². The van der Waals surface area contributed by atoms with Crippen molar-refractivity contribution in [2.75, 3.05) is 36.8 Å². The number of morpholine rings is 2. The van der Waals surface area contributed by atoms with Gasteiger partial charge in [-0.05, 0) is 52.3 Å². The van der Waals surface area contributed by atoms with E-state index in [4.69, 9.17) is 9.47 Å². The molecule has 8 heteroatoms. The molecule has 8 nitrogen and oxygen atoms in total. The van der Waals surface area contributed by atoms with E-state index in [0.717, 1.165) is 5.56 Å². The van der Waals surface area contributed by atoms with Gasteiger partial charge in [-0.15, -0.1) is 0 Å². The molecular weight excluding hydrogens is 372 g/mol. The van der Waals surface area contributed by atoms with Crippen molar-refractivity contribution in [1.82, 2.24) is 9.80 Å². The quantitative estimate of drug-likeness (QED) is 0.792. The summed E-state index contributed by atoms with van der Waals surface area (Å²) in [5.74, 6) is 0. The number of benzene rings is 1. The molecule has 2 aliphatic rings. The fourth-order valence-electron chi connectivity index (χ4n) is 3.95. The Labute approximate surface area is 172 Å². The third-order valence-electron chi connectivity index (χ3n) is 5.07. The van der Waals surface area contributed by atoms with E-state index in [1.54, 1.807) is 9.80 Å². The van der Waals surface area contributed by atoms with Crippen LogP contribution in [0.5, 0.6) is 0 Å². The van der Waals surface area contributed by atoms with E-state index in [1.807, 2.05) is 52.8 Å². The molecule has 4 amide bonds. The summed E-state index contributed by atoms with van der Waals surface area (Å²) >= 11 is 0. The first-order valence-electron chi connectivity index (χ1n) is 10.2. The number of aryl methyl sites for hydroxylation is 1. The predicted molar refractivity (Wildman–Crippen MR) is 112 cm³/mol. The number of urea groups is 2. The Hall–Kier alpha value is -2.32. The van der Waals surface area contributed by atoms with Gasteiger partial charge in [0.2, 0.25) is 0 Å². The highest BCUT2D eigenvalue weighted by atomic mass is 16.5. The number of carbonyl (C=O) groups is 2. The highest BCUT2D eigenvalue weighted by molar-refractivity contribution is 5.98. The van der Waals surface area contributed by atoms with Gasteiger partial charge >= 0.3 is 12.1 Å². The number of hydrogen-bond acceptors (Lipinski definition) is 4. The van der Waals surface area contributed by atoms with Crippen LogP contribution in [0.2, 0.25) is 0 Å². The fourth-order valence-corrected chi connectivity index (χ4v) is 3.95. The molecule has 0 spiro atoms. The highest BCUT2D eigenvalue weighted by Gasteiger charge is 2.28. The Kier molecular flexibility index (Phi) is 6.64. The Morgan fingerprint density at radius 3 is 1.66 bits per heavy atom. The number of rotatable bonds is 2. The molecule has 1 aromatic carbocycles. The molecule has 0 bridgehead atoms. The molecule has 0 aromatic heterocycles. The first-order chi connectivity index (χ1) is 13.7. The van der Waals surface area contributed by atoms with E-state index in [2.05, 4.69) is 10.6 Å². The Balaban J connectivity index is 1.70. The summed E-state index contributed by atoms with van der Waals surface area (Å²) in [4.78, 5) is 29.1.